The Kier molecular flexibility index (Phi) is 7.16. The number of nitrogens with one attached hydrogen (secondary N) is 2. The molecule has 2 N–H and O–H groups in total. The summed E-state index contributed by atoms with van der Waals surface area (Å²) in [4.78, 5) is 18.2. The average molecular weight is 398 g/mol. The van der Waals surface area contributed by atoms with Crippen molar-refractivity contribution in [2.24, 2.45) is 12.0 Å². The molecule has 0 unspecified atom stereocenters. The van der Waals surface area contributed by atoms with E-state index in [1.165, 1.54) is 11.3 Å². The van der Waals surface area contributed by atoms with E-state index >= 15 is 0 Å². The first kappa shape index (κ1) is 20.8. The van der Waals surface area contributed by atoms with Crippen LogP contribution in [0.15, 0.2) is 47.6 Å². The largest absolute Gasteiger partial charge is 0.484 e. The number of aromatic nitrogens is 1. The molecule has 7 nitrogen and oxygen atoms in total. The molecule has 1 aliphatic carbocycles. The number of carbonyl (C=O) groups excluding carboxylic acids is 1. The van der Waals surface area contributed by atoms with Gasteiger partial charge in [0.25, 0.3) is 5.91 Å². The van der Waals surface area contributed by atoms with Gasteiger partial charge in [0.15, 0.2) is 12.6 Å². The van der Waals surface area contributed by atoms with Gasteiger partial charge in [0.1, 0.15) is 5.75 Å². The maximum atomic E-state index is 11.7. The predicted molar refractivity (Wildman–Crippen MR) is 115 cm³/mol. The van der Waals surface area contributed by atoms with Crippen LogP contribution in [0.25, 0.3) is 0 Å². The maximum absolute atomic E-state index is 11.7. The molecule has 0 radical (unpaired) electrons. The number of guanidine groups is 1. The third kappa shape index (κ3) is 6.55. The molecular weight excluding hydrogens is 366 g/mol. The molecule has 0 spiro atoms. The zero-order valence-electron chi connectivity index (χ0n) is 17.5. The SMILES string of the molecule is CN=C(NCCc1ccc(OCC(=O)NC2CC2)cc1)N(C)Cc1cccn1C. The molecule has 1 saturated carbocycles. The van der Waals surface area contributed by atoms with Crippen LogP contribution in [0.5, 0.6) is 5.75 Å². The molecule has 0 aliphatic heterocycles. The second kappa shape index (κ2) is 10.0. The van der Waals surface area contributed by atoms with Gasteiger partial charge in [0.2, 0.25) is 0 Å². The van der Waals surface area contributed by atoms with Crippen molar-refractivity contribution in [1.29, 1.82) is 0 Å². The summed E-state index contributed by atoms with van der Waals surface area (Å²) in [6.45, 7) is 1.65. The highest BCUT2D eigenvalue weighted by molar-refractivity contribution is 5.79. The standard InChI is InChI=1S/C22H31N5O2/c1-23-22(27(3)15-19-5-4-14-26(19)2)24-13-12-17-6-10-20(11-7-17)29-16-21(28)25-18-8-9-18/h4-7,10-11,14,18H,8-9,12-13,15-16H2,1-3H3,(H,23,24)(H,25,28). The van der Waals surface area contributed by atoms with Crippen molar-refractivity contribution in [2.45, 2.75) is 31.8 Å². The van der Waals surface area contributed by atoms with Crippen molar-refractivity contribution < 1.29 is 9.53 Å². The van der Waals surface area contributed by atoms with Crippen LogP contribution in [0.4, 0.5) is 0 Å². The third-order valence-corrected chi connectivity index (χ3v) is 4.96. The number of aryl methyl sites for hydroxylation is 1. The minimum absolute atomic E-state index is 0.0494. The second-order valence-corrected chi connectivity index (χ2v) is 7.46. The summed E-state index contributed by atoms with van der Waals surface area (Å²) >= 11 is 0. The molecule has 0 saturated heterocycles. The maximum Gasteiger partial charge on any atom is 0.258 e. The Morgan fingerprint density at radius 1 is 1.28 bits per heavy atom. The molecule has 1 heterocycles. The van der Waals surface area contributed by atoms with Gasteiger partial charge in [-0.3, -0.25) is 9.79 Å². The highest BCUT2D eigenvalue weighted by Crippen LogP contribution is 2.18. The molecular formula is C22H31N5O2. The van der Waals surface area contributed by atoms with Crippen molar-refractivity contribution in [3.05, 3.63) is 53.9 Å². The Morgan fingerprint density at radius 3 is 2.66 bits per heavy atom. The lowest BCUT2D eigenvalue weighted by Crippen LogP contribution is -2.39. The highest BCUT2D eigenvalue weighted by Gasteiger charge is 2.23. The Bertz CT molecular complexity index is 824. The van der Waals surface area contributed by atoms with Crippen LogP contribution in [0.1, 0.15) is 24.1 Å². The third-order valence-electron chi connectivity index (χ3n) is 4.96. The van der Waals surface area contributed by atoms with E-state index in [0.29, 0.717) is 11.8 Å². The number of carbonyl (C=O) groups is 1. The summed E-state index contributed by atoms with van der Waals surface area (Å²) in [7, 11) is 5.88. The van der Waals surface area contributed by atoms with E-state index in [0.717, 1.165) is 38.3 Å². The lowest BCUT2D eigenvalue weighted by Gasteiger charge is -2.22. The minimum atomic E-state index is -0.0494. The summed E-state index contributed by atoms with van der Waals surface area (Å²) < 4.78 is 7.66. The molecule has 7 heteroatoms. The molecule has 0 bridgehead atoms. The van der Waals surface area contributed by atoms with Gasteiger partial charge in [-0.2, -0.15) is 0 Å². The van der Waals surface area contributed by atoms with E-state index in [1.54, 1.807) is 7.05 Å². The monoisotopic (exact) mass is 397 g/mol. The molecule has 3 rings (SSSR count). The first-order chi connectivity index (χ1) is 14.0. The van der Waals surface area contributed by atoms with Gasteiger partial charge in [-0.25, -0.2) is 0 Å². The first-order valence-electron chi connectivity index (χ1n) is 10.1. The fraction of sp³-hybridized carbons (Fsp3) is 0.455. The Balaban J connectivity index is 1.39. The average Bonchev–Trinajstić information content (AvgIpc) is 3.44. The van der Waals surface area contributed by atoms with Gasteiger partial charge < -0.3 is 24.8 Å². The fourth-order valence-electron chi connectivity index (χ4n) is 3.08. The zero-order valence-corrected chi connectivity index (χ0v) is 17.5. The number of benzene rings is 1. The number of hydrogen-bond donors (Lipinski definition) is 2. The summed E-state index contributed by atoms with van der Waals surface area (Å²) in [5.41, 5.74) is 2.43. The molecule has 29 heavy (non-hydrogen) atoms. The van der Waals surface area contributed by atoms with E-state index in [2.05, 4.69) is 31.2 Å². The van der Waals surface area contributed by atoms with Crippen molar-refractivity contribution in [3.8, 4) is 5.75 Å². The smallest absolute Gasteiger partial charge is 0.258 e. The number of nitrogens with zero attached hydrogens (tertiary/aromatic N) is 3. The van der Waals surface area contributed by atoms with E-state index in [4.69, 9.17) is 4.74 Å². The van der Waals surface area contributed by atoms with Crippen LogP contribution in [-0.4, -0.2) is 54.6 Å². The van der Waals surface area contributed by atoms with Gasteiger partial charge >= 0.3 is 0 Å². The van der Waals surface area contributed by atoms with Gasteiger partial charge in [0.05, 0.1) is 6.54 Å². The molecule has 1 aromatic carbocycles. The predicted octanol–water partition coefficient (Wildman–Crippen LogP) is 1.93. The number of hydrogen-bond acceptors (Lipinski definition) is 3. The number of aliphatic imine (C=N–C) groups is 1. The molecule has 1 amide bonds. The lowest BCUT2D eigenvalue weighted by molar-refractivity contribution is -0.123. The highest BCUT2D eigenvalue weighted by atomic mass is 16.5. The summed E-state index contributed by atoms with van der Waals surface area (Å²) in [5.74, 6) is 1.53. The van der Waals surface area contributed by atoms with Crippen molar-refractivity contribution in [1.82, 2.24) is 20.1 Å². The van der Waals surface area contributed by atoms with E-state index < -0.39 is 0 Å². The zero-order chi connectivity index (χ0) is 20.6. The van der Waals surface area contributed by atoms with Crippen LogP contribution in [0.3, 0.4) is 0 Å². The van der Waals surface area contributed by atoms with Crippen molar-refractivity contribution >= 4 is 11.9 Å². The van der Waals surface area contributed by atoms with Crippen LogP contribution >= 0.6 is 0 Å². The lowest BCUT2D eigenvalue weighted by atomic mass is 10.1. The van der Waals surface area contributed by atoms with Gasteiger partial charge in [-0.1, -0.05) is 12.1 Å². The second-order valence-electron chi connectivity index (χ2n) is 7.46. The van der Waals surface area contributed by atoms with Gasteiger partial charge in [-0.05, 0) is 49.1 Å². The minimum Gasteiger partial charge on any atom is -0.484 e. The summed E-state index contributed by atoms with van der Waals surface area (Å²) in [6.07, 6.45) is 5.09. The van der Waals surface area contributed by atoms with Gasteiger partial charge in [0, 0.05) is 45.6 Å². The normalized spacial score (nSPS) is 13.8. The molecule has 1 aliphatic rings. The van der Waals surface area contributed by atoms with Crippen LogP contribution < -0.4 is 15.4 Å². The van der Waals surface area contributed by atoms with Crippen LogP contribution in [0, 0.1) is 0 Å². The molecule has 1 aromatic heterocycles. The molecule has 156 valence electrons. The van der Waals surface area contributed by atoms with E-state index in [1.807, 2.05) is 50.6 Å². The topological polar surface area (TPSA) is 70.9 Å². The summed E-state index contributed by atoms with van der Waals surface area (Å²) in [6, 6.07) is 12.4. The molecule has 2 aromatic rings. The first-order valence-corrected chi connectivity index (χ1v) is 10.1. The number of ether oxygens (including phenoxy) is 1. The molecule has 0 atom stereocenters. The quantitative estimate of drug-likeness (QED) is 0.501. The Labute approximate surface area is 172 Å². The summed E-state index contributed by atoms with van der Waals surface area (Å²) in [5, 5.41) is 6.33. The van der Waals surface area contributed by atoms with Gasteiger partial charge in [-0.15, -0.1) is 0 Å². The Morgan fingerprint density at radius 2 is 2.03 bits per heavy atom. The number of rotatable bonds is 9. The van der Waals surface area contributed by atoms with Crippen LogP contribution in [-0.2, 0) is 24.8 Å². The van der Waals surface area contributed by atoms with Crippen molar-refractivity contribution in [3.63, 3.8) is 0 Å². The van der Waals surface area contributed by atoms with Crippen LogP contribution in [0.2, 0.25) is 0 Å². The number of amides is 1. The van der Waals surface area contributed by atoms with E-state index in [-0.39, 0.29) is 12.5 Å². The van der Waals surface area contributed by atoms with Crippen molar-refractivity contribution in [2.75, 3.05) is 27.2 Å². The molecule has 1 fully saturated rings. The van der Waals surface area contributed by atoms with E-state index in [9.17, 15) is 4.79 Å². The Hall–Kier alpha value is -2.96. The fourth-order valence-corrected chi connectivity index (χ4v) is 3.08.